The summed E-state index contributed by atoms with van der Waals surface area (Å²) >= 11 is 16.1. The quantitative estimate of drug-likeness (QED) is 0.585. The summed E-state index contributed by atoms with van der Waals surface area (Å²) in [5.74, 6) is -0.577. The third-order valence-electron chi connectivity index (χ3n) is 1.28. The number of hydrogen-bond acceptors (Lipinski definition) is 2. The van der Waals surface area contributed by atoms with Gasteiger partial charge in [0.25, 0.3) is 5.02 Å². The topological polar surface area (TPSA) is 26.3 Å². The zero-order chi connectivity index (χ0) is 9.84. The normalized spacial score (nSPS) is 10.2. The van der Waals surface area contributed by atoms with Crippen LogP contribution in [0.5, 0.6) is 0 Å². The predicted octanol–water partition coefficient (Wildman–Crippen LogP) is 3.26. The number of hydrogen-bond donors (Lipinski definition) is 0. The van der Waals surface area contributed by atoms with E-state index >= 15 is 0 Å². The van der Waals surface area contributed by atoms with Crippen molar-refractivity contribution in [1.29, 1.82) is 0 Å². The minimum absolute atomic E-state index is 0.357. The van der Waals surface area contributed by atoms with Gasteiger partial charge in [-0.25, -0.2) is 4.79 Å². The van der Waals surface area contributed by atoms with Crippen LogP contribution in [0.25, 0.3) is 0 Å². The van der Waals surface area contributed by atoms with Crippen molar-refractivity contribution in [3.05, 3.63) is 34.9 Å². The van der Waals surface area contributed by atoms with Crippen molar-refractivity contribution in [2.24, 2.45) is 0 Å². The zero-order valence-electron chi connectivity index (χ0n) is 6.34. The summed E-state index contributed by atoms with van der Waals surface area (Å²) in [5.41, 5.74) is 0.357. The van der Waals surface area contributed by atoms with E-state index in [1.807, 2.05) is 0 Å². The van der Waals surface area contributed by atoms with E-state index < -0.39 is 11.0 Å². The highest BCUT2D eigenvalue weighted by molar-refractivity contribution is 6.43. The van der Waals surface area contributed by atoms with Crippen LogP contribution in [-0.4, -0.2) is 11.0 Å². The maximum absolute atomic E-state index is 11.1. The molecule has 1 aromatic carbocycles. The van der Waals surface area contributed by atoms with Gasteiger partial charge in [0.1, 0.15) is 0 Å². The van der Waals surface area contributed by atoms with E-state index in [1.165, 1.54) is 12.1 Å². The first kappa shape index (κ1) is 10.6. The fourth-order valence-electron chi connectivity index (χ4n) is 0.735. The molecule has 0 unspecified atom stereocenters. The Hall–Kier alpha value is -0.440. The summed E-state index contributed by atoms with van der Waals surface area (Å²) in [5, 5.41) is -0.604. The van der Waals surface area contributed by atoms with E-state index in [4.69, 9.17) is 34.8 Å². The molecule has 0 aliphatic rings. The molecule has 0 heterocycles. The van der Waals surface area contributed by atoms with E-state index in [0.717, 1.165) is 0 Å². The van der Waals surface area contributed by atoms with Crippen LogP contribution >= 0.6 is 34.8 Å². The van der Waals surface area contributed by atoms with Gasteiger partial charge in [0.05, 0.1) is 5.56 Å². The Bertz CT molecular complexity index is 295. The van der Waals surface area contributed by atoms with E-state index in [-0.39, 0.29) is 0 Å². The van der Waals surface area contributed by atoms with Crippen LogP contribution in [0.2, 0.25) is 5.02 Å². The molecule has 0 aliphatic heterocycles. The van der Waals surface area contributed by atoms with Gasteiger partial charge in [-0.3, -0.25) is 0 Å². The molecule has 0 bridgehead atoms. The lowest BCUT2D eigenvalue weighted by Crippen LogP contribution is -2.07. The molecule has 13 heavy (non-hydrogen) atoms. The van der Waals surface area contributed by atoms with Crippen LogP contribution in [0.1, 0.15) is 10.4 Å². The molecule has 0 saturated heterocycles. The van der Waals surface area contributed by atoms with Crippen LogP contribution in [0.4, 0.5) is 0 Å². The molecule has 2 nitrogen and oxygen atoms in total. The van der Waals surface area contributed by atoms with Crippen molar-refractivity contribution < 1.29 is 9.53 Å². The predicted molar refractivity (Wildman–Crippen MR) is 52.4 cm³/mol. The van der Waals surface area contributed by atoms with Gasteiger partial charge in [0, 0.05) is 5.02 Å². The molecule has 0 spiro atoms. The highest BCUT2D eigenvalue weighted by Crippen LogP contribution is 2.12. The Morgan fingerprint density at radius 3 is 2.23 bits per heavy atom. The van der Waals surface area contributed by atoms with E-state index in [1.54, 1.807) is 12.1 Å². The van der Waals surface area contributed by atoms with Crippen LogP contribution in [0.15, 0.2) is 24.3 Å². The first-order chi connectivity index (χ1) is 6.09. The van der Waals surface area contributed by atoms with Crippen LogP contribution < -0.4 is 0 Å². The molecule has 0 atom stereocenters. The SMILES string of the molecule is O=C(OC(Cl)Cl)c1ccc(Cl)cc1. The van der Waals surface area contributed by atoms with Gasteiger partial charge in [0.2, 0.25) is 0 Å². The Balaban J connectivity index is 2.72. The van der Waals surface area contributed by atoms with Gasteiger partial charge >= 0.3 is 5.97 Å². The fraction of sp³-hybridized carbons (Fsp3) is 0.125. The lowest BCUT2D eigenvalue weighted by Gasteiger charge is -2.03. The summed E-state index contributed by atoms with van der Waals surface area (Å²) in [6.07, 6.45) is 0. The highest BCUT2D eigenvalue weighted by Gasteiger charge is 2.10. The van der Waals surface area contributed by atoms with Crippen molar-refractivity contribution in [2.45, 2.75) is 5.02 Å². The fourth-order valence-corrected chi connectivity index (χ4v) is 1.02. The summed E-state index contributed by atoms with van der Waals surface area (Å²) in [4.78, 5) is 11.1. The summed E-state index contributed by atoms with van der Waals surface area (Å²) in [7, 11) is 0. The number of rotatable bonds is 2. The number of halogens is 3. The number of esters is 1. The molecule has 0 N–H and O–H groups in total. The minimum Gasteiger partial charge on any atom is -0.428 e. The Kier molecular flexibility index (Phi) is 3.85. The Labute approximate surface area is 90.3 Å². The average molecular weight is 239 g/mol. The van der Waals surface area contributed by atoms with Crippen molar-refractivity contribution in [1.82, 2.24) is 0 Å². The van der Waals surface area contributed by atoms with Gasteiger partial charge < -0.3 is 4.74 Å². The first-order valence-electron chi connectivity index (χ1n) is 3.34. The van der Waals surface area contributed by atoms with E-state index in [0.29, 0.717) is 10.6 Å². The molecule has 0 fully saturated rings. The molecule has 0 saturated carbocycles. The molecular formula is C8H5Cl3O2. The largest absolute Gasteiger partial charge is 0.428 e. The second kappa shape index (κ2) is 4.70. The number of carbonyl (C=O) groups excluding carboxylic acids is 1. The molecule has 1 rings (SSSR count). The van der Waals surface area contributed by atoms with Gasteiger partial charge in [-0.1, -0.05) is 34.8 Å². The molecule has 0 aromatic heterocycles. The van der Waals surface area contributed by atoms with Gasteiger partial charge in [-0.05, 0) is 24.3 Å². The molecule has 1 aromatic rings. The summed E-state index contributed by atoms with van der Waals surface area (Å²) in [6, 6.07) is 6.22. The van der Waals surface area contributed by atoms with Crippen LogP contribution in [-0.2, 0) is 4.74 Å². The highest BCUT2D eigenvalue weighted by atomic mass is 35.5. The van der Waals surface area contributed by atoms with Crippen molar-refractivity contribution in [2.75, 3.05) is 0 Å². The molecule has 0 amide bonds. The first-order valence-corrected chi connectivity index (χ1v) is 4.59. The van der Waals surface area contributed by atoms with Crippen molar-refractivity contribution in [3.63, 3.8) is 0 Å². The van der Waals surface area contributed by atoms with E-state index in [2.05, 4.69) is 4.74 Å². The lowest BCUT2D eigenvalue weighted by molar-refractivity contribution is 0.0536. The third kappa shape index (κ3) is 3.43. The zero-order valence-corrected chi connectivity index (χ0v) is 8.60. The smallest absolute Gasteiger partial charge is 0.340 e. The number of ether oxygens (including phenoxy) is 1. The second-order valence-corrected chi connectivity index (χ2v) is 3.63. The maximum atomic E-state index is 11.1. The average Bonchev–Trinajstić information content (AvgIpc) is 2.04. The lowest BCUT2D eigenvalue weighted by atomic mass is 10.2. The molecule has 0 aliphatic carbocycles. The van der Waals surface area contributed by atoms with Gasteiger partial charge in [-0.2, -0.15) is 0 Å². The molecule has 5 heteroatoms. The van der Waals surface area contributed by atoms with Crippen LogP contribution in [0.3, 0.4) is 0 Å². The standard InChI is InChI=1S/C8H5Cl3O2/c9-6-3-1-5(2-4-6)7(12)13-8(10)11/h1-4,8H. The molecule has 0 radical (unpaired) electrons. The third-order valence-corrected chi connectivity index (χ3v) is 1.71. The Morgan fingerprint density at radius 1 is 1.23 bits per heavy atom. The number of benzene rings is 1. The number of alkyl halides is 2. The maximum Gasteiger partial charge on any atom is 0.340 e. The minimum atomic E-state index is -1.15. The second-order valence-electron chi connectivity index (χ2n) is 2.17. The van der Waals surface area contributed by atoms with Crippen LogP contribution in [0, 0.1) is 0 Å². The van der Waals surface area contributed by atoms with Crippen molar-refractivity contribution >= 4 is 40.8 Å². The van der Waals surface area contributed by atoms with Gasteiger partial charge in [-0.15, -0.1) is 0 Å². The molecular weight excluding hydrogens is 234 g/mol. The summed E-state index contributed by atoms with van der Waals surface area (Å²) in [6.45, 7) is 0. The summed E-state index contributed by atoms with van der Waals surface area (Å²) < 4.78 is 4.52. The molecule has 70 valence electrons. The van der Waals surface area contributed by atoms with Gasteiger partial charge in [0.15, 0.2) is 0 Å². The monoisotopic (exact) mass is 238 g/mol. The van der Waals surface area contributed by atoms with Crippen molar-refractivity contribution in [3.8, 4) is 0 Å². The van der Waals surface area contributed by atoms with E-state index in [9.17, 15) is 4.79 Å². The Morgan fingerprint density at radius 2 is 1.77 bits per heavy atom. The number of carbonyl (C=O) groups is 1.